The zero-order valence-electron chi connectivity index (χ0n) is 19.6. The van der Waals surface area contributed by atoms with E-state index in [1.807, 2.05) is 12.1 Å². The molecular weight excluding hydrogens is 505 g/mol. The second-order valence-corrected chi connectivity index (χ2v) is 12.6. The van der Waals surface area contributed by atoms with Crippen molar-refractivity contribution < 1.29 is 13.9 Å². The van der Waals surface area contributed by atoms with Gasteiger partial charge in [0.15, 0.2) is 11.5 Å². The third-order valence-corrected chi connectivity index (χ3v) is 9.17. The smallest absolute Gasteiger partial charge is 0.167 e. The molecule has 0 aliphatic heterocycles. The third kappa shape index (κ3) is 4.41. The first-order valence-corrected chi connectivity index (χ1v) is 13.0. The number of hydrogen-bond acceptors (Lipinski definition) is 3. The van der Waals surface area contributed by atoms with E-state index in [0.717, 1.165) is 16.0 Å². The van der Waals surface area contributed by atoms with Gasteiger partial charge in [0.1, 0.15) is 12.4 Å². The standard InChI is InChI=1S/C27H32BrClFNO2/c1-25-9-17-10-26(2,14-25)16-27(11-17,15-25)31-12-18-20(28)7-8-23(32-3)24(18)33-13-19-21(29)5-4-6-22(19)30/h4-8,17,31H,9-16H2,1-3H3. The Balaban J connectivity index is 1.41. The van der Waals surface area contributed by atoms with E-state index in [1.165, 1.54) is 44.6 Å². The lowest BCUT2D eigenvalue weighted by Crippen LogP contribution is -2.63. The first kappa shape index (κ1) is 23.4. The van der Waals surface area contributed by atoms with Crippen LogP contribution < -0.4 is 14.8 Å². The molecule has 178 valence electrons. The van der Waals surface area contributed by atoms with Crippen LogP contribution in [-0.2, 0) is 13.2 Å². The SMILES string of the molecule is COc1ccc(Br)c(CNC23CC4CC(C)(CC(C)(C4)C2)C3)c1OCc1c(F)cccc1Cl. The Morgan fingerprint density at radius 3 is 2.42 bits per heavy atom. The second kappa shape index (κ2) is 8.42. The van der Waals surface area contributed by atoms with Crippen molar-refractivity contribution in [3.8, 4) is 11.5 Å². The van der Waals surface area contributed by atoms with E-state index in [1.54, 1.807) is 19.2 Å². The Morgan fingerprint density at radius 1 is 1.06 bits per heavy atom. The molecule has 6 heteroatoms. The normalized spacial score (nSPS) is 32.2. The van der Waals surface area contributed by atoms with Gasteiger partial charge < -0.3 is 14.8 Å². The van der Waals surface area contributed by atoms with Gasteiger partial charge in [-0.25, -0.2) is 4.39 Å². The summed E-state index contributed by atoms with van der Waals surface area (Å²) in [7, 11) is 1.63. The Labute approximate surface area is 209 Å². The number of methoxy groups -OCH3 is 1. The molecule has 2 atom stereocenters. The van der Waals surface area contributed by atoms with Gasteiger partial charge in [-0.1, -0.05) is 47.4 Å². The molecule has 3 nitrogen and oxygen atoms in total. The molecule has 0 heterocycles. The van der Waals surface area contributed by atoms with Crippen molar-refractivity contribution >= 4 is 27.5 Å². The van der Waals surface area contributed by atoms with Crippen LogP contribution >= 0.6 is 27.5 Å². The van der Waals surface area contributed by atoms with Gasteiger partial charge in [-0.2, -0.15) is 0 Å². The maximum Gasteiger partial charge on any atom is 0.167 e. The number of rotatable bonds is 7. The molecule has 4 saturated carbocycles. The zero-order valence-corrected chi connectivity index (χ0v) is 21.9. The summed E-state index contributed by atoms with van der Waals surface area (Å²) < 4.78 is 27.1. The summed E-state index contributed by atoms with van der Waals surface area (Å²) in [6.07, 6.45) is 7.80. The van der Waals surface area contributed by atoms with E-state index >= 15 is 0 Å². The van der Waals surface area contributed by atoms with Crippen molar-refractivity contribution in [3.63, 3.8) is 0 Å². The lowest BCUT2D eigenvalue weighted by atomic mass is 9.43. The average molecular weight is 537 g/mol. The van der Waals surface area contributed by atoms with E-state index < -0.39 is 0 Å². The average Bonchev–Trinajstić information content (AvgIpc) is 2.70. The molecule has 0 amide bonds. The monoisotopic (exact) mass is 535 g/mol. The van der Waals surface area contributed by atoms with Crippen LogP contribution in [0.15, 0.2) is 34.8 Å². The molecule has 33 heavy (non-hydrogen) atoms. The summed E-state index contributed by atoms with van der Waals surface area (Å²) in [6, 6.07) is 8.54. The highest BCUT2D eigenvalue weighted by atomic mass is 79.9. The molecule has 2 unspecified atom stereocenters. The third-order valence-electron chi connectivity index (χ3n) is 8.08. The van der Waals surface area contributed by atoms with E-state index in [2.05, 4.69) is 35.1 Å². The van der Waals surface area contributed by atoms with Crippen molar-refractivity contribution in [2.24, 2.45) is 16.7 Å². The predicted molar refractivity (Wildman–Crippen MR) is 133 cm³/mol. The summed E-state index contributed by atoms with van der Waals surface area (Å²) in [4.78, 5) is 0. The number of hydrogen-bond donors (Lipinski definition) is 1. The summed E-state index contributed by atoms with van der Waals surface area (Å²) in [5.41, 5.74) is 2.38. The molecule has 4 bridgehead atoms. The highest BCUT2D eigenvalue weighted by Gasteiger charge is 2.59. The Morgan fingerprint density at radius 2 is 1.79 bits per heavy atom. The molecule has 0 radical (unpaired) electrons. The maximum atomic E-state index is 14.3. The van der Waals surface area contributed by atoms with E-state index in [9.17, 15) is 4.39 Å². The lowest BCUT2D eigenvalue weighted by molar-refractivity contribution is -0.118. The predicted octanol–water partition coefficient (Wildman–Crippen LogP) is 7.67. The first-order chi connectivity index (χ1) is 15.6. The van der Waals surface area contributed by atoms with Gasteiger partial charge in [0.25, 0.3) is 0 Å². The molecule has 0 spiro atoms. The topological polar surface area (TPSA) is 30.5 Å². The molecule has 4 fully saturated rings. The van der Waals surface area contributed by atoms with Crippen molar-refractivity contribution in [2.75, 3.05) is 7.11 Å². The van der Waals surface area contributed by atoms with Crippen molar-refractivity contribution in [1.82, 2.24) is 5.32 Å². The van der Waals surface area contributed by atoms with Gasteiger partial charge in [0.05, 0.1) is 12.1 Å². The molecule has 1 N–H and O–H groups in total. The summed E-state index contributed by atoms with van der Waals surface area (Å²) in [5, 5.41) is 4.34. The molecule has 2 aromatic carbocycles. The fourth-order valence-electron chi connectivity index (χ4n) is 7.80. The maximum absolute atomic E-state index is 14.3. The van der Waals surface area contributed by atoms with Gasteiger partial charge in [-0.05, 0) is 79.5 Å². The molecular formula is C27H32BrClFNO2. The molecule has 4 aliphatic carbocycles. The number of ether oxygens (including phenoxy) is 2. The van der Waals surface area contributed by atoms with E-state index in [0.29, 0.717) is 39.5 Å². The zero-order chi connectivity index (χ0) is 23.4. The highest BCUT2D eigenvalue weighted by molar-refractivity contribution is 9.10. The quantitative estimate of drug-likeness (QED) is 0.394. The lowest BCUT2D eigenvalue weighted by Gasteiger charge is -2.65. The molecule has 0 saturated heterocycles. The van der Waals surface area contributed by atoms with Crippen LogP contribution in [0.4, 0.5) is 4.39 Å². The minimum atomic E-state index is -0.369. The van der Waals surface area contributed by atoms with Crippen LogP contribution in [0.1, 0.15) is 63.5 Å². The Bertz CT molecular complexity index is 1040. The van der Waals surface area contributed by atoms with Gasteiger partial charge in [0.2, 0.25) is 0 Å². The Kier molecular flexibility index (Phi) is 5.98. The number of nitrogens with one attached hydrogen (secondary N) is 1. The second-order valence-electron chi connectivity index (χ2n) is 11.3. The largest absolute Gasteiger partial charge is 0.493 e. The van der Waals surface area contributed by atoms with E-state index in [4.69, 9.17) is 21.1 Å². The molecule has 6 rings (SSSR count). The fourth-order valence-corrected chi connectivity index (χ4v) is 8.47. The number of halogens is 3. The van der Waals surface area contributed by atoms with Crippen LogP contribution in [0, 0.1) is 22.6 Å². The minimum Gasteiger partial charge on any atom is -0.493 e. The van der Waals surface area contributed by atoms with E-state index in [-0.39, 0.29) is 18.0 Å². The van der Waals surface area contributed by atoms with Crippen LogP contribution in [-0.4, -0.2) is 12.6 Å². The number of benzene rings is 2. The van der Waals surface area contributed by atoms with Gasteiger partial charge in [-0.15, -0.1) is 0 Å². The van der Waals surface area contributed by atoms with Crippen LogP contribution in [0.5, 0.6) is 11.5 Å². The molecule has 0 aromatic heterocycles. The van der Waals surface area contributed by atoms with Gasteiger partial charge in [-0.3, -0.25) is 0 Å². The summed E-state index contributed by atoms with van der Waals surface area (Å²) >= 11 is 9.95. The van der Waals surface area contributed by atoms with Crippen molar-refractivity contribution in [2.45, 2.75) is 71.1 Å². The van der Waals surface area contributed by atoms with Crippen LogP contribution in [0.2, 0.25) is 5.02 Å². The summed E-state index contributed by atoms with van der Waals surface area (Å²) in [5.74, 6) is 1.70. The highest BCUT2D eigenvalue weighted by Crippen LogP contribution is 2.66. The van der Waals surface area contributed by atoms with Gasteiger partial charge in [0, 0.05) is 27.7 Å². The fraction of sp³-hybridized carbons (Fsp3) is 0.556. The minimum absolute atomic E-state index is 0.0364. The Hall–Kier alpha value is -1.30. The first-order valence-electron chi connectivity index (χ1n) is 11.8. The molecule has 2 aromatic rings. The van der Waals surface area contributed by atoms with Gasteiger partial charge >= 0.3 is 0 Å². The van der Waals surface area contributed by atoms with Crippen LogP contribution in [0.25, 0.3) is 0 Å². The van der Waals surface area contributed by atoms with Crippen LogP contribution in [0.3, 0.4) is 0 Å². The summed E-state index contributed by atoms with van der Waals surface area (Å²) in [6.45, 7) is 5.67. The van der Waals surface area contributed by atoms with Crippen molar-refractivity contribution in [1.29, 1.82) is 0 Å². The molecule has 4 aliphatic rings. The van der Waals surface area contributed by atoms with Crippen molar-refractivity contribution in [3.05, 3.63) is 56.8 Å².